The molecule has 138 valence electrons. The number of nitrogens with one attached hydrogen (secondary N) is 1. The minimum absolute atomic E-state index is 0.00936. The number of benzene rings is 1. The van der Waals surface area contributed by atoms with E-state index in [9.17, 15) is 4.79 Å². The van der Waals surface area contributed by atoms with Crippen molar-refractivity contribution < 1.29 is 9.53 Å². The summed E-state index contributed by atoms with van der Waals surface area (Å²) < 4.78 is 5.79. The van der Waals surface area contributed by atoms with Gasteiger partial charge in [-0.2, -0.15) is 0 Å². The van der Waals surface area contributed by atoms with Gasteiger partial charge in [-0.25, -0.2) is 0 Å². The van der Waals surface area contributed by atoms with Crippen LogP contribution in [0, 0.1) is 0 Å². The molecule has 2 unspecified atom stereocenters. The van der Waals surface area contributed by atoms with Crippen molar-refractivity contribution in [2.75, 3.05) is 26.3 Å². The number of hydrogen-bond donors (Lipinski definition) is 1. The number of amides is 1. The summed E-state index contributed by atoms with van der Waals surface area (Å²) in [4.78, 5) is 16.3. The number of fused-ring (bicyclic) bond motifs is 1. The normalized spacial score (nSPS) is 22.8. The molecule has 1 fully saturated rings. The first-order valence-electron chi connectivity index (χ1n) is 9.55. The molecule has 3 heterocycles. The lowest BCUT2D eigenvalue weighted by molar-refractivity contribution is -0.138. The number of thiophene rings is 1. The summed E-state index contributed by atoms with van der Waals surface area (Å²) in [7, 11) is 0. The van der Waals surface area contributed by atoms with E-state index in [1.54, 1.807) is 11.3 Å². The van der Waals surface area contributed by atoms with Crippen LogP contribution in [-0.4, -0.2) is 43.2 Å². The average molecular weight is 371 g/mol. The largest absolute Gasteiger partial charge is 0.370 e. The van der Waals surface area contributed by atoms with Gasteiger partial charge < -0.3 is 15.0 Å². The fourth-order valence-corrected chi connectivity index (χ4v) is 4.92. The molecule has 1 saturated heterocycles. The third-order valence-corrected chi connectivity index (χ3v) is 6.36. The van der Waals surface area contributed by atoms with Crippen molar-refractivity contribution in [1.82, 2.24) is 10.2 Å². The van der Waals surface area contributed by atoms with Crippen LogP contribution in [0.4, 0.5) is 0 Å². The number of piperidine rings is 1. The Kier molecular flexibility index (Phi) is 5.68. The number of nitrogens with zero attached hydrogens (tertiary/aromatic N) is 1. The average Bonchev–Trinajstić information content (AvgIpc) is 3.17. The van der Waals surface area contributed by atoms with Gasteiger partial charge >= 0.3 is 0 Å². The van der Waals surface area contributed by atoms with Crippen molar-refractivity contribution in [2.45, 2.75) is 37.8 Å². The summed E-state index contributed by atoms with van der Waals surface area (Å²) >= 11 is 1.80. The molecular formula is C21H26N2O2S. The number of rotatable bonds is 5. The third kappa shape index (κ3) is 3.85. The van der Waals surface area contributed by atoms with E-state index in [0.717, 1.165) is 25.9 Å². The molecule has 1 aromatic heterocycles. The van der Waals surface area contributed by atoms with Crippen LogP contribution in [0.3, 0.4) is 0 Å². The number of carbonyl (C=O) groups is 1. The fourth-order valence-electron chi connectivity index (χ4n) is 4.02. The Morgan fingerprint density at radius 2 is 2.12 bits per heavy atom. The van der Waals surface area contributed by atoms with Crippen molar-refractivity contribution in [2.24, 2.45) is 0 Å². The lowest BCUT2D eigenvalue weighted by Crippen LogP contribution is -2.43. The Morgan fingerprint density at radius 1 is 1.23 bits per heavy atom. The third-order valence-electron chi connectivity index (χ3n) is 5.36. The Labute approximate surface area is 159 Å². The topological polar surface area (TPSA) is 41.6 Å². The molecule has 2 aromatic rings. The van der Waals surface area contributed by atoms with Gasteiger partial charge in [-0.05, 0) is 48.4 Å². The molecule has 0 saturated carbocycles. The molecule has 0 bridgehead atoms. The van der Waals surface area contributed by atoms with E-state index in [-0.39, 0.29) is 18.6 Å². The van der Waals surface area contributed by atoms with Gasteiger partial charge in [-0.1, -0.05) is 36.8 Å². The van der Waals surface area contributed by atoms with E-state index < -0.39 is 0 Å². The van der Waals surface area contributed by atoms with Crippen LogP contribution in [0.15, 0.2) is 41.8 Å². The van der Waals surface area contributed by atoms with Gasteiger partial charge in [0.05, 0.1) is 12.6 Å². The second-order valence-corrected chi connectivity index (χ2v) is 8.11. The van der Waals surface area contributed by atoms with Crippen LogP contribution < -0.4 is 5.32 Å². The molecule has 0 radical (unpaired) electrons. The van der Waals surface area contributed by atoms with Crippen LogP contribution in [0.2, 0.25) is 0 Å². The highest BCUT2D eigenvalue weighted by Crippen LogP contribution is 2.37. The lowest BCUT2D eigenvalue weighted by Gasteiger charge is -2.36. The molecule has 5 heteroatoms. The zero-order valence-electron chi connectivity index (χ0n) is 15.0. The monoisotopic (exact) mass is 370 g/mol. The Morgan fingerprint density at radius 3 is 2.92 bits per heavy atom. The first-order valence-corrected chi connectivity index (χ1v) is 10.4. The standard InChI is InChI=1S/C21H26N2O2S/c24-20(15-25-14-17-8-4-5-11-22-17)23-12-9-19-18(10-13-26-19)21(23)16-6-2-1-3-7-16/h1-3,6-7,10,13,17,21-22H,4-5,8-9,11-12,14-15H2. The molecule has 4 nitrogen and oxygen atoms in total. The van der Waals surface area contributed by atoms with E-state index in [4.69, 9.17) is 4.74 Å². The summed E-state index contributed by atoms with van der Waals surface area (Å²) in [5, 5.41) is 5.61. The number of carbonyl (C=O) groups excluding carboxylic acids is 1. The van der Waals surface area contributed by atoms with Crippen LogP contribution in [-0.2, 0) is 16.0 Å². The molecule has 1 N–H and O–H groups in total. The van der Waals surface area contributed by atoms with Crippen molar-refractivity contribution in [1.29, 1.82) is 0 Å². The molecule has 0 spiro atoms. The molecule has 4 rings (SSSR count). The highest BCUT2D eigenvalue weighted by atomic mass is 32.1. The summed E-state index contributed by atoms with van der Waals surface area (Å²) in [6.07, 6.45) is 4.57. The smallest absolute Gasteiger partial charge is 0.249 e. The zero-order chi connectivity index (χ0) is 17.8. The second-order valence-electron chi connectivity index (χ2n) is 7.11. The van der Waals surface area contributed by atoms with E-state index in [1.807, 2.05) is 23.1 Å². The van der Waals surface area contributed by atoms with Gasteiger partial charge in [0.15, 0.2) is 0 Å². The van der Waals surface area contributed by atoms with E-state index in [2.05, 4.69) is 28.9 Å². The van der Waals surface area contributed by atoms with Gasteiger partial charge in [0, 0.05) is 17.5 Å². The zero-order valence-corrected chi connectivity index (χ0v) is 15.8. The van der Waals surface area contributed by atoms with Gasteiger partial charge in [-0.3, -0.25) is 4.79 Å². The molecular weight excluding hydrogens is 344 g/mol. The molecule has 2 aliphatic heterocycles. The SMILES string of the molecule is O=C(COCC1CCCCN1)N1CCc2sccc2C1c1ccccc1. The fraction of sp³-hybridized carbons (Fsp3) is 0.476. The highest BCUT2D eigenvalue weighted by Gasteiger charge is 2.32. The molecule has 2 atom stereocenters. The molecule has 1 amide bonds. The minimum atomic E-state index is 0.00936. The molecule has 1 aromatic carbocycles. The molecule has 0 aliphatic carbocycles. The summed E-state index contributed by atoms with van der Waals surface area (Å²) in [6, 6.07) is 12.9. The van der Waals surface area contributed by atoms with E-state index in [1.165, 1.54) is 28.8 Å². The summed E-state index contributed by atoms with van der Waals surface area (Å²) in [5.74, 6) is 0.0894. The molecule has 2 aliphatic rings. The van der Waals surface area contributed by atoms with Gasteiger partial charge in [0.2, 0.25) is 5.91 Å². The Balaban J connectivity index is 1.44. The van der Waals surface area contributed by atoms with E-state index >= 15 is 0 Å². The van der Waals surface area contributed by atoms with Crippen LogP contribution in [0.25, 0.3) is 0 Å². The van der Waals surface area contributed by atoms with E-state index in [0.29, 0.717) is 12.6 Å². The lowest BCUT2D eigenvalue weighted by atomic mass is 9.93. The van der Waals surface area contributed by atoms with Gasteiger partial charge in [0.1, 0.15) is 6.61 Å². The summed E-state index contributed by atoms with van der Waals surface area (Å²) in [5.41, 5.74) is 2.45. The first-order chi connectivity index (χ1) is 12.8. The Hall–Kier alpha value is -1.69. The van der Waals surface area contributed by atoms with Crippen LogP contribution in [0.5, 0.6) is 0 Å². The van der Waals surface area contributed by atoms with Crippen molar-refractivity contribution >= 4 is 17.2 Å². The van der Waals surface area contributed by atoms with Crippen molar-refractivity contribution in [3.05, 3.63) is 57.8 Å². The van der Waals surface area contributed by atoms with Crippen molar-refractivity contribution in [3.63, 3.8) is 0 Å². The molecule has 26 heavy (non-hydrogen) atoms. The number of ether oxygens (including phenoxy) is 1. The summed E-state index contributed by atoms with van der Waals surface area (Å²) in [6.45, 7) is 2.61. The van der Waals surface area contributed by atoms with Crippen molar-refractivity contribution in [3.8, 4) is 0 Å². The minimum Gasteiger partial charge on any atom is -0.370 e. The van der Waals surface area contributed by atoms with Gasteiger partial charge in [-0.15, -0.1) is 11.3 Å². The van der Waals surface area contributed by atoms with Crippen LogP contribution >= 0.6 is 11.3 Å². The Bertz CT molecular complexity index is 725. The first kappa shape index (κ1) is 17.7. The maximum Gasteiger partial charge on any atom is 0.249 e. The maximum absolute atomic E-state index is 12.9. The van der Waals surface area contributed by atoms with Crippen LogP contribution in [0.1, 0.15) is 41.3 Å². The maximum atomic E-state index is 12.9. The predicted molar refractivity (Wildman–Crippen MR) is 104 cm³/mol. The highest BCUT2D eigenvalue weighted by molar-refractivity contribution is 7.10. The predicted octanol–water partition coefficient (Wildman–Crippen LogP) is 3.38. The second kappa shape index (κ2) is 8.33. The quantitative estimate of drug-likeness (QED) is 0.877. The van der Waals surface area contributed by atoms with Gasteiger partial charge in [0.25, 0.3) is 0 Å². The number of hydrogen-bond acceptors (Lipinski definition) is 4.